The number of benzene rings is 3. The van der Waals surface area contributed by atoms with Gasteiger partial charge in [0.1, 0.15) is 28.8 Å². The standard InChI is InChI=1S/C26H29FN2O5S/c1-5-34-23-13-11-22(12-14-23)29(35(31,32)25-16-18(2)6-15-24(25)33-4)17-26(30)28-19(3)20-7-9-21(27)10-8-20/h6-16,19H,5,17H2,1-4H3,(H,28,30)/t19-/m0/s1. The first-order valence-electron chi connectivity index (χ1n) is 11.1. The second kappa shape index (κ2) is 11.2. The molecule has 0 saturated carbocycles. The number of amides is 1. The largest absolute Gasteiger partial charge is 0.495 e. The molecule has 3 aromatic carbocycles. The third-order valence-electron chi connectivity index (χ3n) is 5.36. The summed E-state index contributed by atoms with van der Waals surface area (Å²) in [4.78, 5) is 13.0. The second-order valence-corrected chi connectivity index (χ2v) is 9.76. The van der Waals surface area contributed by atoms with Gasteiger partial charge in [0.15, 0.2) is 0 Å². The minimum Gasteiger partial charge on any atom is -0.495 e. The fourth-order valence-corrected chi connectivity index (χ4v) is 5.21. The van der Waals surface area contributed by atoms with E-state index in [9.17, 15) is 17.6 Å². The van der Waals surface area contributed by atoms with Crippen molar-refractivity contribution >= 4 is 21.6 Å². The van der Waals surface area contributed by atoms with Crippen LogP contribution in [0.5, 0.6) is 11.5 Å². The number of carbonyl (C=O) groups excluding carboxylic acids is 1. The van der Waals surface area contributed by atoms with E-state index < -0.39 is 28.5 Å². The molecule has 0 saturated heterocycles. The van der Waals surface area contributed by atoms with Crippen molar-refractivity contribution in [2.75, 3.05) is 24.6 Å². The van der Waals surface area contributed by atoms with Crippen LogP contribution in [-0.4, -0.2) is 34.6 Å². The Labute approximate surface area is 205 Å². The smallest absolute Gasteiger partial charge is 0.268 e. The molecule has 0 aromatic heterocycles. The first-order chi connectivity index (χ1) is 16.6. The van der Waals surface area contributed by atoms with Crippen LogP contribution in [0.4, 0.5) is 10.1 Å². The van der Waals surface area contributed by atoms with Crippen molar-refractivity contribution in [3.05, 3.63) is 83.7 Å². The highest BCUT2D eigenvalue weighted by atomic mass is 32.2. The van der Waals surface area contributed by atoms with Crippen LogP contribution in [0.3, 0.4) is 0 Å². The lowest BCUT2D eigenvalue weighted by atomic mass is 10.1. The summed E-state index contributed by atoms with van der Waals surface area (Å²) in [5.41, 5.74) is 1.71. The molecule has 0 aliphatic carbocycles. The summed E-state index contributed by atoms with van der Waals surface area (Å²) in [6.45, 7) is 5.35. The highest BCUT2D eigenvalue weighted by Crippen LogP contribution is 2.31. The molecule has 0 aliphatic rings. The van der Waals surface area contributed by atoms with Crippen LogP contribution < -0.4 is 19.1 Å². The van der Waals surface area contributed by atoms with Gasteiger partial charge in [-0.15, -0.1) is 0 Å². The summed E-state index contributed by atoms with van der Waals surface area (Å²) in [6, 6.07) is 16.6. The number of aryl methyl sites for hydroxylation is 1. The molecule has 9 heteroatoms. The van der Waals surface area contributed by atoms with Crippen molar-refractivity contribution in [3.63, 3.8) is 0 Å². The van der Waals surface area contributed by atoms with Crippen LogP contribution >= 0.6 is 0 Å². The third-order valence-corrected chi connectivity index (χ3v) is 7.15. The summed E-state index contributed by atoms with van der Waals surface area (Å²) in [5.74, 6) is -0.152. The lowest BCUT2D eigenvalue weighted by molar-refractivity contribution is -0.120. The molecule has 0 spiro atoms. The highest BCUT2D eigenvalue weighted by molar-refractivity contribution is 7.93. The third kappa shape index (κ3) is 6.30. The highest BCUT2D eigenvalue weighted by Gasteiger charge is 2.30. The van der Waals surface area contributed by atoms with Crippen LogP contribution in [0.2, 0.25) is 0 Å². The van der Waals surface area contributed by atoms with Gasteiger partial charge in [-0.3, -0.25) is 9.10 Å². The number of carbonyl (C=O) groups is 1. The van der Waals surface area contributed by atoms with Gasteiger partial charge in [-0.25, -0.2) is 12.8 Å². The molecular formula is C26H29FN2O5S. The molecule has 1 N–H and O–H groups in total. The van der Waals surface area contributed by atoms with Crippen molar-refractivity contribution in [1.82, 2.24) is 5.32 Å². The quantitative estimate of drug-likeness (QED) is 0.439. The van der Waals surface area contributed by atoms with Crippen LogP contribution in [0.1, 0.15) is 31.0 Å². The molecule has 1 amide bonds. The lowest BCUT2D eigenvalue weighted by Crippen LogP contribution is -2.41. The minimum absolute atomic E-state index is 0.0479. The van der Waals surface area contributed by atoms with Gasteiger partial charge in [-0.1, -0.05) is 18.2 Å². The van der Waals surface area contributed by atoms with Gasteiger partial charge in [0.25, 0.3) is 10.0 Å². The zero-order valence-electron chi connectivity index (χ0n) is 20.1. The number of sulfonamides is 1. The van der Waals surface area contributed by atoms with Gasteiger partial charge in [0.05, 0.1) is 25.4 Å². The van der Waals surface area contributed by atoms with Crippen molar-refractivity contribution in [3.8, 4) is 11.5 Å². The maximum absolute atomic E-state index is 13.8. The zero-order valence-corrected chi connectivity index (χ0v) is 20.9. The van der Waals surface area contributed by atoms with E-state index in [1.54, 1.807) is 62.4 Å². The maximum atomic E-state index is 13.8. The van der Waals surface area contributed by atoms with E-state index in [0.717, 1.165) is 9.87 Å². The lowest BCUT2D eigenvalue weighted by Gasteiger charge is -2.26. The first kappa shape index (κ1) is 26.0. The van der Waals surface area contributed by atoms with Crippen molar-refractivity contribution in [2.24, 2.45) is 0 Å². The molecule has 0 heterocycles. The molecule has 0 aliphatic heterocycles. The molecule has 1 atom stereocenters. The topological polar surface area (TPSA) is 84.9 Å². The van der Waals surface area contributed by atoms with E-state index in [0.29, 0.717) is 23.6 Å². The number of hydrogen-bond donors (Lipinski definition) is 1. The average molecular weight is 501 g/mol. The van der Waals surface area contributed by atoms with Gasteiger partial charge in [-0.2, -0.15) is 0 Å². The van der Waals surface area contributed by atoms with E-state index >= 15 is 0 Å². The number of anilines is 1. The van der Waals surface area contributed by atoms with E-state index in [1.807, 2.05) is 6.92 Å². The molecule has 0 radical (unpaired) electrons. The van der Waals surface area contributed by atoms with Crippen LogP contribution in [0.25, 0.3) is 0 Å². The Morgan fingerprint density at radius 3 is 2.31 bits per heavy atom. The van der Waals surface area contributed by atoms with E-state index in [-0.39, 0.29) is 16.5 Å². The summed E-state index contributed by atoms with van der Waals surface area (Å²) >= 11 is 0. The average Bonchev–Trinajstić information content (AvgIpc) is 2.83. The fraction of sp³-hybridized carbons (Fsp3) is 0.269. The number of halogens is 1. The van der Waals surface area contributed by atoms with Gasteiger partial charge in [-0.05, 0) is 80.4 Å². The predicted molar refractivity (Wildman–Crippen MR) is 133 cm³/mol. The Morgan fingerprint density at radius 2 is 1.71 bits per heavy atom. The summed E-state index contributed by atoms with van der Waals surface area (Å²) in [6.07, 6.45) is 0. The Kier molecular flexibility index (Phi) is 8.34. The summed E-state index contributed by atoms with van der Waals surface area (Å²) in [5, 5.41) is 2.79. The molecule has 0 bridgehead atoms. The number of hydrogen-bond acceptors (Lipinski definition) is 5. The summed E-state index contributed by atoms with van der Waals surface area (Å²) in [7, 11) is -2.80. The van der Waals surface area contributed by atoms with E-state index in [1.165, 1.54) is 25.3 Å². The SMILES string of the molecule is CCOc1ccc(N(CC(=O)N[C@@H](C)c2ccc(F)cc2)S(=O)(=O)c2cc(C)ccc2OC)cc1. The Morgan fingerprint density at radius 1 is 1.06 bits per heavy atom. The van der Waals surface area contributed by atoms with Gasteiger partial charge in [0.2, 0.25) is 5.91 Å². The van der Waals surface area contributed by atoms with Crippen molar-refractivity contribution in [2.45, 2.75) is 31.7 Å². The Balaban J connectivity index is 1.96. The monoisotopic (exact) mass is 500 g/mol. The minimum atomic E-state index is -4.19. The van der Waals surface area contributed by atoms with Crippen LogP contribution in [0, 0.1) is 12.7 Å². The predicted octanol–water partition coefficient (Wildman–Crippen LogP) is 4.61. The van der Waals surface area contributed by atoms with E-state index in [4.69, 9.17) is 9.47 Å². The van der Waals surface area contributed by atoms with Crippen LogP contribution in [0.15, 0.2) is 71.6 Å². The molecule has 0 fully saturated rings. The molecule has 3 rings (SSSR count). The normalized spacial score (nSPS) is 12.0. The molecule has 3 aromatic rings. The maximum Gasteiger partial charge on any atom is 0.268 e. The molecular weight excluding hydrogens is 471 g/mol. The Bertz CT molecular complexity index is 1260. The zero-order chi connectivity index (χ0) is 25.6. The van der Waals surface area contributed by atoms with Gasteiger partial charge < -0.3 is 14.8 Å². The molecule has 186 valence electrons. The summed E-state index contributed by atoms with van der Waals surface area (Å²) < 4.78 is 52.6. The van der Waals surface area contributed by atoms with Gasteiger partial charge in [0, 0.05) is 0 Å². The Hall–Kier alpha value is -3.59. The number of methoxy groups -OCH3 is 1. The number of nitrogens with zero attached hydrogens (tertiary/aromatic N) is 1. The fourth-order valence-electron chi connectivity index (χ4n) is 3.55. The first-order valence-corrected chi connectivity index (χ1v) is 12.5. The van der Waals surface area contributed by atoms with E-state index in [2.05, 4.69) is 5.32 Å². The molecule has 7 nitrogen and oxygen atoms in total. The molecule has 35 heavy (non-hydrogen) atoms. The molecule has 0 unspecified atom stereocenters. The van der Waals surface area contributed by atoms with Gasteiger partial charge >= 0.3 is 0 Å². The number of ether oxygens (including phenoxy) is 2. The number of rotatable bonds is 10. The van der Waals surface area contributed by atoms with Crippen molar-refractivity contribution in [1.29, 1.82) is 0 Å². The van der Waals surface area contributed by atoms with Crippen LogP contribution in [-0.2, 0) is 14.8 Å². The number of nitrogens with one attached hydrogen (secondary N) is 1. The van der Waals surface area contributed by atoms with Crippen molar-refractivity contribution < 1.29 is 27.1 Å². The second-order valence-electron chi connectivity index (χ2n) is 7.93.